The number of rotatable bonds is 7. The molecule has 0 amide bonds. The molecule has 0 N–H and O–H groups in total. The summed E-state index contributed by atoms with van der Waals surface area (Å²) in [5.41, 5.74) is 0.452. The molecule has 2 aliphatic rings. The van der Waals surface area contributed by atoms with Gasteiger partial charge in [0.2, 0.25) is 0 Å². The second-order valence-electron chi connectivity index (χ2n) is 5.75. The number of hydrogen-bond donors (Lipinski definition) is 0. The van der Waals surface area contributed by atoms with Gasteiger partial charge in [0.1, 0.15) is 5.60 Å². The SMILES string of the molecule is CCC1=C[C@@](CC)(C[C@@H](CC)[C@H]2O[C@@H]2CC)OC1=O. The van der Waals surface area contributed by atoms with Gasteiger partial charge >= 0.3 is 5.97 Å². The van der Waals surface area contributed by atoms with Gasteiger partial charge < -0.3 is 9.47 Å². The van der Waals surface area contributed by atoms with Crippen LogP contribution in [0.3, 0.4) is 0 Å². The van der Waals surface area contributed by atoms with Gasteiger partial charge in [0, 0.05) is 5.57 Å². The maximum atomic E-state index is 11.8. The highest BCUT2D eigenvalue weighted by Crippen LogP contribution is 2.42. The van der Waals surface area contributed by atoms with Crippen molar-refractivity contribution in [2.24, 2.45) is 5.92 Å². The van der Waals surface area contributed by atoms with Gasteiger partial charge in [-0.25, -0.2) is 4.79 Å². The summed E-state index contributed by atoms with van der Waals surface area (Å²) >= 11 is 0. The Morgan fingerprint density at radius 2 is 2.05 bits per heavy atom. The van der Waals surface area contributed by atoms with E-state index in [1.807, 2.05) is 6.92 Å². The van der Waals surface area contributed by atoms with Crippen LogP contribution in [-0.4, -0.2) is 23.8 Å². The molecular formula is C16H26O3. The Hall–Kier alpha value is -0.830. The van der Waals surface area contributed by atoms with Crippen LogP contribution >= 0.6 is 0 Å². The first kappa shape index (κ1) is 14.6. The number of cyclic esters (lactones) is 1. The third-order valence-electron chi connectivity index (χ3n) is 4.60. The lowest BCUT2D eigenvalue weighted by molar-refractivity contribution is -0.148. The lowest BCUT2D eigenvalue weighted by atomic mass is 9.83. The van der Waals surface area contributed by atoms with Crippen LogP contribution in [0.25, 0.3) is 0 Å². The average molecular weight is 266 g/mol. The molecule has 108 valence electrons. The molecule has 0 aromatic heterocycles. The highest BCUT2D eigenvalue weighted by Gasteiger charge is 2.47. The zero-order valence-corrected chi connectivity index (χ0v) is 12.6. The number of carbonyl (C=O) groups excluding carboxylic acids is 1. The Balaban J connectivity index is 2.06. The Morgan fingerprint density at radius 1 is 1.32 bits per heavy atom. The van der Waals surface area contributed by atoms with Crippen LogP contribution in [0.1, 0.15) is 59.8 Å². The fourth-order valence-electron chi connectivity index (χ4n) is 3.16. The van der Waals surface area contributed by atoms with Crippen molar-refractivity contribution in [2.45, 2.75) is 77.6 Å². The minimum atomic E-state index is -0.382. The molecule has 3 heteroatoms. The maximum Gasteiger partial charge on any atom is 0.334 e. The van der Waals surface area contributed by atoms with Crippen LogP contribution < -0.4 is 0 Å². The fourth-order valence-corrected chi connectivity index (χ4v) is 3.16. The molecule has 1 saturated heterocycles. The van der Waals surface area contributed by atoms with Gasteiger partial charge in [-0.3, -0.25) is 0 Å². The third-order valence-corrected chi connectivity index (χ3v) is 4.60. The highest BCUT2D eigenvalue weighted by molar-refractivity contribution is 5.91. The van der Waals surface area contributed by atoms with Crippen LogP contribution in [0.4, 0.5) is 0 Å². The van der Waals surface area contributed by atoms with Crippen molar-refractivity contribution in [1.82, 2.24) is 0 Å². The Morgan fingerprint density at radius 3 is 2.47 bits per heavy atom. The molecule has 0 unspecified atom stereocenters. The van der Waals surface area contributed by atoms with Crippen LogP contribution in [-0.2, 0) is 14.3 Å². The van der Waals surface area contributed by atoms with Gasteiger partial charge in [-0.1, -0.05) is 34.1 Å². The van der Waals surface area contributed by atoms with Gasteiger partial charge in [-0.2, -0.15) is 0 Å². The summed E-state index contributed by atoms with van der Waals surface area (Å²) in [4.78, 5) is 11.8. The number of epoxide rings is 1. The lowest BCUT2D eigenvalue weighted by Crippen LogP contribution is -2.32. The molecular weight excluding hydrogens is 240 g/mol. The Labute approximate surface area is 116 Å². The van der Waals surface area contributed by atoms with Crippen LogP contribution in [0.5, 0.6) is 0 Å². The molecule has 4 atom stereocenters. The summed E-state index contributed by atoms with van der Waals surface area (Å²) in [7, 11) is 0. The quantitative estimate of drug-likeness (QED) is 0.522. The normalized spacial score (nSPS) is 34.9. The minimum Gasteiger partial charge on any atom is -0.451 e. The van der Waals surface area contributed by atoms with E-state index < -0.39 is 0 Å². The molecule has 0 radical (unpaired) electrons. The van der Waals surface area contributed by atoms with Gasteiger partial charge in [-0.15, -0.1) is 0 Å². The number of ether oxygens (including phenoxy) is 2. The first-order chi connectivity index (χ1) is 9.09. The fraction of sp³-hybridized carbons (Fsp3) is 0.812. The number of esters is 1. The number of hydrogen-bond acceptors (Lipinski definition) is 3. The van der Waals surface area contributed by atoms with Crippen molar-refractivity contribution >= 4 is 5.97 Å². The first-order valence-electron chi connectivity index (χ1n) is 7.69. The second-order valence-corrected chi connectivity index (χ2v) is 5.75. The molecule has 0 aliphatic carbocycles. The van der Waals surface area contributed by atoms with E-state index in [1.54, 1.807) is 0 Å². The maximum absolute atomic E-state index is 11.8. The van der Waals surface area contributed by atoms with Gasteiger partial charge in [0.25, 0.3) is 0 Å². The van der Waals surface area contributed by atoms with E-state index in [0.717, 1.165) is 37.7 Å². The third kappa shape index (κ3) is 2.86. The molecule has 2 aliphatic heterocycles. The molecule has 3 nitrogen and oxygen atoms in total. The molecule has 2 rings (SSSR count). The van der Waals surface area contributed by atoms with Crippen LogP contribution in [0.2, 0.25) is 0 Å². The summed E-state index contributed by atoms with van der Waals surface area (Å²) < 4.78 is 11.4. The van der Waals surface area contributed by atoms with E-state index in [9.17, 15) is 4.79 Å². The topological polar surface area (TPSA) is 38.8 Å². The monoisotopic (exact) mass is 266 g/mol. The zero-order valence-electron chi connectivity index (χ0n) is 12.6. The summed E-state index contributed by atoms with van der Waals surface area (Å²) in [6, 6.07) is 0. The van der Waals surface area contributed by atoms with E-state index in [4.69, 9.17) is 9.47 Å². The van der Waals surface area contributed by atoms with Gasteiger partial charge in [0.05, 0.1) is 12.2 Å². The van der Waals surface area contributed by atoms with Crippen molar-refractivity contribution in [3.63, 3.8) is 0 Å². The van der Waals surface area contributed by atoms with Gasteiger partial charge in [0.15, 0.2) is 0 Å². The standard InChI is InChI=1S/C16H26O3/c1-5-11(14-13(7-3)18-14)9-16(8-4)10-12(6-2)15(17)19-16/h10-11,13-14H,5-9H2,1-4H3/t11-,13-,14-,16-/m1/s1. The molecule has 0 bridgehead atoms. The van der Waals surface area contributed by atoms with Gasteiger partial charge in [-0.05, 0) is 37.7 Å². The van der Waals surface area contributed by atoms with Crippen molar-refractivity contribution in [3.8, 4) is 0 Å². The smallest absolute Gasteiger partial charge is 0.334 e. The second kappa shape index (κ2) is 5.66. The van der Waals surface area contributed by atoms with Crippen molar-refractivity contribution < 1.29 is 14.3 Å². The van der Waals surface area contributed by atoms with E-state index >= 15 is 0 Å². The largest absolute Gasteiger partial charge is 0.451 e. The average Bonchev–Trinajstić information content (AvgIpc) is 3.14. The van der Waals surface area contributed by atoms with E-state index in [1.165, 1.54) is 0 Å². The summed E-state index contributed by atoms with van der Waals surface area (Å²) in [5.74, 6) is 0.369. The van der Waals surface area contributed by atoms with Crippen molar-refractivity contribution in [2.75, 3.05) is 0 Å². The van der Waals surface area contributed by atoms with Crippen molar-refractivity contribution in [1.29, 1.82) is 0 Å². The molecule has 1 fully saturated rings. The van der Waals surface area contributed by atoms with E-state index in [0.29, 0.717) is 18.1 Å². The summed E-state index contributed by atoms with van der Waals surface area (Å²) in [6.45, 7) is 8.47. The molecule has 0 aromatic rings. The predicted molar refractivity (Wildman–Crippen MR) is 74.8 cm³/mol. The highest BCUT2D eigenvalue weighted by atomic mass is 16.6. The van der Waals surface area contributed by atoms with E-state index in [2.05, 4.69) is 26.8 Å². The lowest BCUT2D eigenvalue weighted by Gasteiger charge is -2.28. The van der Waals surface area contributed by atoms with Crippen LogP contribution in [0.15, 0.2) is 11.6 Å². The zero-order chi connectivity index (χ0) is 14.0. The Kier molecular flexibility index (Phi) is 4.34. The molecule has 0 spiro atoms. The van der Waals surface area contributed by atoms with Crippen molar-refractivity contribution in [3.05, 3.63) is 11.6 Å². The predicted octanol–water partition coefficient (Wildman–Crippen LogP) is 3.62. The summed E-state index contributed by atoms with van der Waals surface area (Å²) in [6.07, 6.45) is 7.53. The molecule has 2 heterocycles. The molecule has 0 aromatic carbocycles. The number of carbonyl (C=O) groups is 1. The van der Waals surface area contributed by atoms with E-state index in [-0.39, 0.29) is 11.6 Å². The first-order valence-corrected chi connectivity index (χ1v) is 7.69. The Bertz CT molecular complexity index is 374. The minimum absolute atomic E-state index is 0.122. The molecule has 19 heavy (non-hydrogen) atoms. The summed E-state index contributed by atoms with van der Waals surface area (Å²) in [5, 5.41) is 0. The molecule has 0 saturated carbocycles. The van der Waals surface area contributed by atoms with Crippen LogP contribution in [0, 0.1) is 5.92 Å².